The van der Waals surface area contributed by atoms with Crippen LogP contribution >= 0.6 is 0 Å². The number of nitrogens with zero attached hydrogens (tertiary/aromatic N) is 2. The van der Waals surface area contributed by atoms with Crippen molar-refractivity contribution in [3.63, 3.8) is 0 Å². The third-order valence-electron chi connectivity index (χ3n) is 4.91. The Labute approximate surface area is 160 Å². The van der Waals surface area contributed by atoms with Gasteiger partial charge in [0.25, 0.3) is 5.91 Å². The van der Waals surface area contributed by atoms with Crippen molar-refractivity contribution in [3.05, 3.63) is 53.3 Å². The van der Waals surface area contributed by atoms with Gasteiger partial charge < -0.3 is 19.5 Å². The summed E-state index contributed by atoms with van der Waals surface area (Å²) in [5, 5.41) is 0. The van der Waals surface area contributed by atoms with Gasteiger partial charge in [-0.05, 0) is 44.0 Å². The summed E-state index contributed by atoms with van der Waals surface area (Å²) in [6, 6.07) is 11.4. The fourth-order valence-corrected chi connectivity index (χ4v) is 3.41. The van der Waals surface area contributed by atoms with Crippen LogP contribution in [0, 0.1) is 13.8 Å². The lowest BCUT2D eigenvalue weighted by molar-refractivity contribution is -0.134. The van der Waals surface area contributed by atoms with Gasteiger partial charge in [-0.25, -0.2) is 0 Å². The number of carbonyl (C=O) groups excluding carboxylic acids is 2. The van der Waals surface area contributed by atoms with Gasteiger partial charge in [0.1, 0.15) is 5.75 Å². The maximum absolute atomic E-state index is 12.7. The predicted molar refractivity (Wildman–Crippen MR) is 104 cm³/mol. The van der Waals surface area contributed by atoms with Crippen molar-refractivity contribution >= 4 is 11.8 Å². The van der Waals surface area contributed by atoms with Gasteiger partial charge in [0.05, 0.1) is 6.42 Å². The molecule has 0 spiro atoms. The van der Waals surface area contributed by atoms with Crippen LogP contribution in [-0.2, 0) is 16.0 Å². The van der Waals surface area contributed by atoms with E-state index in [-0.39, 0.29) is 18.4 Å². The Balaban J connectivity index is 1.50. The zero-order chi connectivity index (χ0) is 19.2. The molecule has 1 aliphatic rings. The summed E-state index contributed by atoms with van der Waals surface area (Å²) >= 11 is 0. The highest BCUT2D eigenvalue weighted by atomic mass is 16.5. The van der Waals surface area contributed by atoms with Gasteiger partial charge in [-0.2, -0.15) is 0 Å². The molecule has 144 valence electrons. The van der Waals surface area contributed by atoms with E-state index in [1.54, 1.807) is 4.90 Å². The molecule has 0 saturated carbocycles. The molecule has 1 saturated heterocycles. The summed E-state index contributed by atoms with van der Waals surface area (Å²) in [6.07, 6.45) is 1.19. The lowest BCUT2D eigenvalue weighted by Gasteiger charge is -2.22. The maximum Gasteiger partial charge on any atom is 0.260 e. The van der Waals surface area contributed by atoms with E-state index in [0.29, 0.717) is 38.3 Å². The second-order valence-corrected chi connectivity index (χ2v) is 7.00. The van der Waals surface area contributed by atoms with Crippen LogP contribution in [0.5, 0.6) is 5.75 Å². The van der Waals surface area contributed by atoms with Crippen LogP contribution in [0.3, 0.4) is 0 Å². The van der Waals surface area contributed by atoms with E-state index in [2.05, 4.69) is 4.98 Å². The summed E-state index contributed by atoms with van der Waals surface area (Å²) in [5.74, 6) is 0.770. The smallest absolute Gasteiger partial charge is 0.260 e. The van der Waals surface area contributed by atoms with Gasteiger partial charge in [0.15, 0.2) is 6.61 Å². The summed E-state index contributed by atoms with van der Waals surface area (Å²) in [6.45, 7) is 6.47. The monoisotopic (exact) mass is 369 g/mol. The fourth-order valence-electron chi connectivity index (χ4n) is 3.41. The average Bonchev–Trinajstić information content (AvgIpc) is 2.86. The van der Waals surface area contributed by atoms with Gasteiger partial charge in [-0.3, -0.25) is 9.59 Å². The molecular weight excluding hydrogens is 342 g/mol. The van der Waals surface area contributed by atoms with Crippen LogP contribution in [0.15, 0.2) is 36.4 Å². The summed E-state index contributed by atoms with van der Waals surface area (Å²) in [4.78, 5) is 32.0. The van der Waals surface area contributed by atoms with E-state index in [4.69, 9.17) is 4.74 Å². The molecule has 0 radical (unpaired) electrons. The molecule has 1 aromatic heterocycles. The third-order valence-corrected chi connectivity index (χ3v) is 4.91. The van der Waals surface area contributed by atoms with E-state index in [1.165, 1.54) is 0 Å². The first-order valence-electron chi connectivity index (χ1n) is 9.41. The Morgan fingerprint density at radius 1 is 1.00 bits per heavy atom. The molecule has 0 unspecified atom stereocenters. The molecule has 2 aromatic rings. The third kappa shape index (κ3) is 5.12. The van der Waals surface area contributed by atoms with Crippen LogP contribution in [0.2, 0.25) is 0 Å². The average molecular weight is 369 g/mol. The molecule has 1 aliphatic heterocycles. The molecule has 3 rings (SSSR count). The van der Waals surface area contributed by atoms with Crippen molar-refractivity contribution in [2.45, 2.75) is 26.7 Å². The van der Waals surface area contributed by atoms with Gasteiger partial charge in [0, 0.05) is 37.6 Å². The SMILES string of the molecule is Cc1cc(CC(=O)N2CCCN(C(=O)COc3ccccc3)CC2)c(C)[nH]1. The molecule has 27 heavy (non-hydrogen) atoms. The highest BCUT2D eigenvalue weighted by molar-refractivity contribution is 5.80. The normalized spacial score (nSPS) is 14.7. The molecular formula is C21H27N3O3. The number of hydrogen-bond acceptors (Lipinski definition) is 3. The lowest BCUT2D eigenvalue weighted by Crippen LogP contribution is -2.39. The number of hydrogen-bond donors (Lipinski definition) is 1. The van der Waals surface area contributed by atoms with Crippen molar-refractivity contribution < 1.29 is 14.3 Å². The number of rotatable bonds is 5. The number of para-hydroxylation sites is 1. The highest BCUT2D eigenvalue weighted by Gasteiger charge is 2.23. The van der Waals surface area contributed by atoms with Gasteiger partial charge in [-0.1, -0.05) is 18.2 Å². The number of aryl methyl sites for hydroxylation is 2. The van der Waals surface area contributed by atoms with E-state index in [9.17, 15) is 9.59 Å². The summed E-state index contributed by atoms with van der Waals surface area (Å²) < 4.78 is 5.56. The minimum absolute atomic E-state index is 0.0276. The molecule has 0 bridgehead atoms. The molecule has 2 amide bonds. The first-order chi connectivity index (χ1) is 13.0. The number of ether oxygens (including phenoxy) is 1. The lowest BCUT2D eigenvalue weighted by atomic mass is 10.1. The minimum Gasteiger partial charge on any atom is -0.484 e. The molecule has 0 atom stereocenters. The highest BCUT2D eigenvalue weighted by Crippen LogP contribution is 2.13. The number of benzene rings is 1. The van der Waals surface area contributed by atoms with Crippen LogP contribution in [-0.4, -0.2) is 59.4 Å². The second kappa shape index (κ2) is 8.75. The van der Waals surface area contributed by atoms with Crippen molar-refractivity contribution in [1.82, 2.24) is 14.8 Å². The van der Waals surface area contributed by atoms with Gasteiger partial charge in [-0.15, -0.1) is 0 Å². The van der Waals surface area contributed by atoms with Gasteiger partial charge >= 0.3 is 0 Å². The Morgan fingerprint density at radius 2 is 1.67 bits per heavy atom. The Kier molecular flexibility index (Phi) is 6.16. The van der Waals surface area contributed by atoms with Crippen LogP contribution in [0.25, 0.3) is 0 Å². The second-order valence-electron chi connectivity index (χ2n) is 7.00. The van der Waals surface area contributed by atoms with Crippen LogP contribution < -0.4 is 4.74 Å². The molecule has 2 heterocycles. The van der Waals surface area contributed by atoms with Crippen molar-refractivity contribution in [1.29, 1.82) is 0 Å². The Hall–Kier alpha value is -2.76. The van der Waals surface area contributed by atoms with Crippen molar-refractivity contribution in [2.75, 3.05) is 32.8 Å². The first kappa shape index (κ1) is 19.0. The number of carbonyl (C=O) groups is 2. The largest absolute Gasteiger partial charge is 0.484 e. The standard InChI is InChI=1S/C21H27N3O3/c1-16-13-18(17(2)22-16)14-20(25)23-9-6-10-24(12-11-23)21(26)15-27-19-7-4-3-5-8-19/h3-5,7-8,13,22H,6,9-12,14-15H2,1-2H3. The van der Waals surface area contributed by atoms with Gasteiger partial charge in [0.2, 0.25) is 5.91 Å². The quantitative estimate of drug-likeness (QED) is 0.880. The van der Waals surface area contributed by atoms with Crippen molar-refractivity contribution in [3.8, 4) is 5.75 Å². The van der Waals surface area contributed by atoms with Crippen LogP contribution in [0.4, 0.5) is 0 Å². The number of amides is 2. The zero-order valence-corrected chi connectivity index (χ0v) is 16.0. The molecule has 6 heteroatoms. The summed E-state index contributed by atoms with van der Waals surface area (Å²) in [7, 11) is 0. The Bertz CT molecular complexity index is 785. The number of H-pyrrole nitrogens is 1. The van der Waals surface area contributed by atoms with E-state index >= 15 is 0 Å². The fraction of sp³-hybridized carbons (Fsp3) is 0.429. The number of aromatic amines is 1. The first-order valence-corrected chi connectivity index (χ1v) is 9.41. The van der Waals surface area contributed by atoms with Crippen LogP contribution in [0.1, 0.15) is 23.4 Å². The number of nitrogens with one attached hydrogen (secondary N) is 1. The topological polar surface area (TPSA) is 65.6 Å². The minimum atomic E-state index is -0.0368. The van der Waals surface area contributed by atoms with E-state index in [0.717, 1.165) is 23.4 Å². The summed E-state index contributed by atoms with van der Waals surface area (Å²) in [5.41, 5.74) is 3.16. The van der Waals surface area contributed by atoms with Crippen molar-refractivity contribution in [2.24, 2.45) is 0 Å². The molecule has 1 N–H and O–H groups in total. The maximum atomic E-state index is 12.7. The predicted octanol–water partition coefficient (Wildman–Crippen LogP) is 2.31. The molecule has 6 nitrogen and oxygen atoms in total. The molecule has 0 aliphatic carbocycles. The molecule has 1 fully saturated rings. The number of aromatic nitrogens is 1. The zero-order valence-electron chi connectivity index (χ0n) is 16.0. The molecule has 1 aromatic carbocycles. The Morgan fingerprint density at radius 3 is 2.30 bits per heavy atom. The van der Waals surface area contributed by atoms with E-state index in [1.807, 2.05) is 55.1 Å². The van der Waals surface area contributed by atoms with E-state index < -0.39 is 0 Å².